The lowest BCUT2D eigenvalue weighted by molar-refractivity contribution is 0.0546. The lowest BCUT2D eigenvalue weighted by atomic mass is 9.99. The molecule has 1 aliphatic heterocycles. The number of benzene rings is 3. The van der Waals surface area contributed by atoms with E-state index in [1.165, 1.54) is 31.2 Å². The summed E-state index contributed by atoms with van der Waals surface area (Å²) in [6.45, 7) is 10.5. The Bertz CT molecular complexity index is 1290. The maximum absolute atomic E-state index is 14.0. The van der Waals surface area contributed by atoms with Gasteiger partial charge in [-0.25, -0.2) is 0 Å². The highest BCUT2D eigenvalue weighted by Crippen LogP contribution is 2.24. The number of nitrogens with one attached hydrogen (secondary N) is 1. The van der Waals surface area contributed by atoms with Crippen molar-refractivity contribution in [2.75, 3.05) is 32.1 Å². The third kappa shape index (κ3) is 11.1. The molecule has 0 unspecified atom stereocenters. The van der Waals surface area contributed by atoms with Gasteiger partial charge in [-0.2, -0.15) is 0 Å². The van der Waals surface area contributed by atoms with Crippen LogP contribution in [0, 0.1) is 5.92 Å². The highest BCUT2D eigenvalue weighted by Gasteiger charge is 2.29. The van der Waals surface area contributed by atoms with Crippen LogP contribution in [0.2, 0.25) is 5.02 Å². The van der Waals surface area contributed by atoms with E-state index in [4.69, 9.17) is 16.7 Å². The van der Waals surface area contributed by atoms with Gasteiger partial charge in [0.15, 0.2) is 0 Å². The van der Waals surface area contributed by atoms with Crippen molar-refractivity contribution in [3.8, 4) is 0 Å². The summed E-state index contributed by atoms with van der Waals surface area (Å²) in [5, 5.41) is 10.5. The van der Waals surface area contributed by atoms with Gasteiger partial charge >= 0.3 is 0 Å². The maximum atomic E-state index is 14.0. The number of rotatable bonds is 13. The third-order valence-electron chi connectivity index (χ3n) is 8.20. The second kappa shape index (κ2) is 18.6. The second-order valence-electron chi connectivity index (χ2n) is 12.0. The smallest absolute Gasteiger partial charge is 0.255 e. The minimum absolute atomic E-state index is 0.0917. The Balaban J connectivity index is 0.00000259. The van der Waals surface area contributed by atoms with Crippen LogP contribution < -0.4 is 5.32 Å². The Labute approximate surface area is 269 Å². The zero-order valence-electron chi connectivity index (χ0n) is 26.9. The van der Waals surface area contributed by atoms with Crippen LogP contribution in [0.15, 0.2) is 72.8 Å². The highest BCUT2D eigenvalue weighted by molar-refractivity contribution is 6.31. The molecule has 2 N–H and O–H groups in total. The van der Waals surface area contributed by atoms with E-state index in [0.717, 1.165) is 57.1 Å². The van der Waals surface area contributed by atoms with E-state index < -0.39 is 0 Å². The number of nitrogens with zero attached hydrogens (tertiary/aromatic N) is 2. The van der Waals surface area contributed by atoms with Crippen molar-refractivity contribution in [2.45, 2.75) is 78.3 Å². The number of carbonyl (C=O) groups is 2. The second-order valence-corrected chi connectivity index (χ2v) is 12.4. The topological polar surface area (TPSA) is 72.9 Å². The van der Waals surface area contributed by atoms with Crippen molar-refractivity contribution in [3.05, 3.63) is 100 Å². The average Bonchev–Trinajstić information content (AvgIpc) is 3.05. The van der Waals surface area contributed by atoms with Crippen LogP contribution in [0.25, 0.3) is 0 Å². The molecule has 1 aliphatic rings. The van der Waals surface area contributed by atoms with E-state index in [1.807, 2.05) is 36.4 Å². The summed E-state index contributed by atoms with van der Waals surface area (Å²) in [6.07, 6.45) is 7.84. The van der Waals surface area contributed by atoms with Crippen LogP contribution in [-0.4, -0.2) is 59.5 Å². The van der Waals surface area contributed by atoms with Gasteiger partial charge in [-0.15, -0.1) is 0 Å². The van der Waals surface area contributed by atoms with Crippen LogP contribution in [0.5, 0.6) is 0 Å². The lowest BCUT2D eigenvalue weighted by Gasteiger charge is -2.39. The van der Waals surface area contributed by atoms with E-state index >= 15 is 0 Å². The van der Waals surface area contributed by atoms with Crippen LogP contribution in [0.4, 0.5) is 5.69 Å². The molecule has 0 spiro atoms. The molecular formula is C37H50ClN3O3. The van der Waals surface area contributed by atoms with Gasteiger partial charge in [0.1, 0.15) is 0 Å². The van der Waals surface area contributed by atoms with E-state index in [0.29, 0.717) is 28.7 Å². The quantitative estimate of drug-likeness (QED) is 0.190. The molecule has 3 aromatic rings. The number of carbonyl (C=O) groups excluding carboxylic acids is 2. The lowest BCUT2D eigenvalue weighted by Crippen LogP contribution is -2.47. The SMILES string of the molecule is CCCCCc1ccc(C(=O)N(Cc2ccc(NC(=O)c3cccc(Cl)c3)cc2)C2CCN(CCC(C)C)CC2)cc1.CO. The first kappa shape index (κ1) is 35.3. The number of aryl methyl sites for hydroxylation is 1. The normalized spacial score (nSPS) is 13.7. The average molecular weight is 620 g/mol. The fourth-order valence-corrected chi connectivity index (χ4v) is 5.73. The van der Waals surface area contributed by atoms with Crippen molar-refractivity contribution < 1.29 is 14.7 Å². The Kier molecular flexibility index (Phi) is 14.9. The summed E-state index contributed by atoms with van der Waals surface area (Å²) in [4.78, 5) is 31.2. The van der Waals surface area contributed by atoms with Crippen molar-refractivity contribution in [3.63, 3.8) is 0 Å². The number of hydrogen-bond donors (Lipinski definition) is 2. The van der Waals surface area contributed by atoms with Crippen LogP contribution in [0.3, 0.4) is 0 Å². The molecule has 3 aromatic carbocycles. The number of aliphatic hydroxyl groups excluding tert-OH is 1. The molecule has 1 heterocycles. The zero-order valence-corrected chi connectivity index (χ0v) is 27.7. The van der Waals surface area contributed by atoms with Crippen molar-refractivity contribution in [1.82, 2.24) is 9.80 Å². The molecule has 7 heteroatoms. The molecule has 1 saturated heterocycles. The minimum atomic E-state index is -0.204. The van der Waals surface area contributed by atoms with Gasteiger partial charge in [-0.1, -0.05) is 75.5 Å². The molecule has 0 aliphatic carbocycles. The standard InChI is InChI=1S/C36H46ClN3O2.CH4O/c1-4-5-6-8-28-11-15-30(16-12-28)36(42)40(34-20-23-39(24-21-34)22-19-27(2)3)26-29-13-17-33(18-14-29)38-35(41)31-9-7-10-32(37)25-31;1-2/h7,9-18,25,27,34H,4-6,8,19-24,26H2,1-3H3,(H,38,41);2H,1H3. The summed E-state index contributed by atoms with van der Waals surface area (Å²) in [6, 6.07) is 23.2. The number of likely N-dealkylation sites (tertiary alicyclic amines) is 1. The first-order chi connectivity index (χ1) is 21.3. The van der Waals surface area contributed by atoms with E-state index in [1.54, 1.807) is 24.3 Å². The van der Waals surface area contributed by atoms with Crippen LogP contribution >= 0.6 is 11.6 Å². The highest BCUT2D eigenvalue weighted by atomic mass is 35.5. The molecule has 0 saturated carbocycles. The van der Waals surface area contributed by atoms with Gasteiger partial charge in [0.2, 0.25) is 0 Å². The van der Waals surface area contributed by atoms with Gasteiger partial charge in [0, 0.05) is 54.6 Å². The molecule has 6 nitrogen and oxygen atoms in total. The van der Waals surface area contributed by atoms with Crippen LogP contribution in [-0.2, 0) is 13.0 Å². The monoisotopic (exact) mass is 619 g/mol. The number of halogens is 1. The molecular weight excluding hydrogens is 570 g/mol. The van der Waals surface area contributed by atoms with E-state index in [9.17, 15) is 9.59 Å². The zero-order chi connectivity index (χ0) is 31.9. The minimum Gasteiger partial charge on any atom is -0.400 e. The molecule has 0 bridgehead atoms. The van der Waals surface area contributed by atoms with E-state index in [-0.39, 0.29) is 17.9 Å². The summed E-state index contributed by atoms with van der Waals surface area (Å²) in [5.41, 5.74) is 4.31. The fourth-order valence-electron chi connectivity index (χ4n) is 5.54. The number of aliphatic hydroxyl groups is 1. The van der Waals surface area contributed by atoms with Crippen molar-refractivity contribution in [2.24, 2.45) is 5.92 Å². The summed E-state index contributed by atoms with van der Waals surface area (Å²) in [5.74, 6) is 0.586. The number of piperidine rings is 1. The van der Waals surface area contributed by atoms with Gasteiger partial charge in [-0.3, -0.25) is 9.59 Å². The predicted molar refractivity (Wildman–Crippen MR) is 182 cm³/mol. The molecule has 44 heavy (non-hydrogen) atoms. The molecule has 238 valence electrons. The molecule has 0 aromatic heterocycles. The molecule has 1 fully saturated rings. The first-order valence-electron chi connectivity index (χ1n) is 16.0. The number of unbranched alkanes of at least 4 members (excludes halogenated alkanes) is 2. The van der Waals surface area contributed by atoms with Gasteiger partial charge in [0.25, 0.3) is 11.8 Å². The van der Waals surface area contributed by atoms with Crippen molar-refractivity contribution >= 4 is 29.1 Å². The molecule has 0 radical (unpaired) electrons. The summed E-state index contributed by atoms with van der Waals surface area (Å²) >= 11 is 6.05. The van der Waals surface area contributed by atoms with Crippen molar-refractivity contribution in [1.29, 1.82) is 0 Å². The maximum Gasteiger partial charge on any atom is 0.255 e. The number of amides is 2. The largest absolute Gasteiger partial charge is 0.400 e. The summed E-state index contributed by atoms with van der Waals surface area (Å²) < 4.78 is 0. The first-order valence-corrected chi connectivity index (χ1v) is 16.4. The number of anilines is 1. The van der Waals surface area contributed by atoms with Crippen LogP contribution in [0.1, 0.15) is 91.1 Å². The van der Waals surface area contributed by atoms with Gasteiger partial charge in [0.05, 0.1) is 0 Å². The molecule has 4 rings (SSSR count). The molecule has 0 atom stereocenters. The van der Waals surface area contributed by atoms with E-state index in [2.05, 4.69) is 48.0 Å². The fraction of sp³-hybridized carbons (Fsp3) is 0.459. The van der Waals surface area contributed by atoms with Gasteiger partial charge < -0.3 is 20.2 Å². The number of hydrogen-bond acceptors (Lipinski definition) is 4. The summed E-state index contributed by atoms with van der Waals surface area (Å²) in [7, 11) is 1.00. The Morgan fingerprint density at radius 3 is 2.20 bits per heavy atom. The Hall–Kier alpha value is -3.19. The molecule has 2 amide bonds. The third-order valence-corrected chi connectivity index (χ3v) is 8.44. The predicted octanol–water partition coefficient (Wildman–Crippen LogP) is 8.09. The Morgan fingerprint density at radius 1 is 0.932 bits per heavy atom. The Morgan fingerprint density at radius 2 is 1.59 bits per heavy atom. The van der Waals surface area contributed by atoms with Gasteiger partial charge in [-0.05, 0) is 98.2 Å².